The number of unbranched alkanes of at least 4 members (excludes halogenated alkanes) is 1. The summed E-state index contributed by atoms with van der Waals surface area (Å²) in [4.78, 5) is 50.6. The summed E-state index contributed by atoms with van der Waals surface area (Å²) in [6, 6.07) is 42.2. The van der Waals surface area contributed by atoms with Crippen LogP contribution in [-0.4, -0.2) is 38.1 Å². The zero-order valence-corrected chi connectivity index (χ0v) is 33.2. The van der Waals surface area contributed by atoms with E-state index in [4.69, 9.17) is 14.5 Å². The van der Waals surface area contributed by atoms with Gasteiger partial charge in [0, 0.05) is 63.6 Å². The highest BCUT2D eigenvalue weighted by Gasteiger charge is 2.32. The van der Waals surface area contributed by atoms with Crippen molar-refractivity contribution in [2.45, 2.75) is 38.6 Å². The third kappa shape index (κ3) is 6.96. The second-order valence-electron chi connectivity index (χ2n) is 14.4. The van der Waals surface area contributed by atoms with Crippen molar-refractivity contribution in [2.75, 3.05) is 0 Å². The molecule has 9 aromatic rings. The molecule has 1 aliphatic rings. The number of thiophene rings is 2. The fourth-order valence-corrected chi connectivity index (χ4v) is 9.82. The van der Waals surface area contributed by atoms with Crippen LogP contribution < -0.4 is 4.57 Å². The SMILES string of the molecule is O=C(CCCC[n+]1ccc(-c2nc(-c3ccc(-c4cccc5ccccc45)s3)c3nonc3c2-c2ccc(-c3cccc4ccccc34)s2)cc1)ON1C(=O)CCC1=O. The van der Waals surface area contributed by atoms with E-state index in [1.54, 1.807) is 22.7 Å². The number of imide groups is 1. The Kier molecular flexibility index (Phi) is 9.55. The van der Waals surface area contributed by atoms with E-state index in [0.29, 0.717) is 41.2 Å². The number of hydrogen-bond donors (Lipinski definition) is 0. The average Bonchev–Trinajstić information content (AvgIpc) is 4.11. The van der Waals surface area contributed by atoms with E-state index < -0.39 is 17.8 Å². The Bertz CT molecular complexity index is 3050. The second kappa shape index (κ2) is 15.5. The molecule has 0 unspecified atom stereocenters. The molecule has 0 spiro atoms. The van der Waals surface area contributed by atoms with E-state index in [2.05, 4.69) is 124 Å². The molecule has 4 aromatic carbocycles. The molecule has 59 heavy (non-hydrogen) atoms. The summed E-state index contributed by atoms with van der Waals surface area (Å²) in [5.74, 6) is -1.55. The molecule has 0 atom stereocenters. The number of carbonyl (C=O) groups is 3. The molecule has 1 aliphatic heterocycles. The molecular formula is C47H34N5O5S2+. The summed E-state index contributed by atoms with van der Waals surface area (Å²) in [7, 11) is 0. The molecule has 10 rings (SSSR count). The quantitative estimate of drug-likeness (QED) is 0.0719. The van der Waals surface area contributed by atoms with Gasteiger partial charge < -0.3 is 4.84 Å². The van der Waals surface area contributed by atoms with Crippen molar-refractivity contribution in [3.05, 3.63) is 134 Å². The lowest BCUT2D eigenvalue weighted by Crippen LogP contribution is -2.33. The van der Waals surface area contributed by atoms with Crippen molar-refractivity contribution in [1.29, 1.82) is 0 Å². The van der Waals surface area contributed by atoms with E-state index in [-0.39, 0.29) is 19.3 Å². The monoisotopic (exact) mass is 812 g/mol. The van der Waals surface area contributed by atoms with Gasteiger partial charge in [-0.2, -0.15) is 0 Å². The topological polar surface area (TPSA) is 119 Å². The fourth-order valence-electron chi connectivity index (χ4n) is 7.70. The summed E-state index contributed by atoms with van der Waals surface area (Å²) in [5, 5.41) is 14.3. The summed E-state index contributed by atoms with van der Waals surface area (Å²) in [6.07, 6.45) is 5.48. The number of rotatable bonds is 11. The Hall–Kier alpha value is -6.89. The van der Waals surface area contributed by atoms with E-state index >= 15 is 0 Å². The Morgan fingerprint density at radius 1 is 0.644 bits per heavy atom. The molecular weight excluding hydrogens is 779 g/mol. The van der Waals surface area contributed by atoms with Gasteiger partial charge in [-0.15, -0.1) is 27.7 Å². The molecule has 0 radical (unpaired) electrons. The highest BCUT2D eigenvalue weighted by molar-refractivity contribution is 7.19. The van der Waals surface area contributed by atoms with Crippen LogP contribution in [0.25, 0.3) is 85.7 Å². The van der Waals surface area contributed by atoms with Crippen LogP contribution in [-0.2, 0) is 25.8 Å². The van der Waals surface area contributed by atoms with Gasteiger partial charge in [-0.25, -0.2) is 19.0 Å². The van der Waals surface area contributed by atoms with Gasteiger partial charge in [0.15, 0.2) is 17.9 Å². The molecule has 6 heterocycles. The normalized spacial score (nSPS) is 13.0. The first-order chi connectivity index (χ1) is 29.0. The molecule has 0 N–H and O–H groups in total. The van der Waals surface area contributed by atoms with Crippen LogP contribution in [0.1, 0.15) is 32.1 Å². The third-order valence-electron chi connectivity index (χ3n) is 10.6. The first kappa shape index (κ1) is 36.5. The van der Waals surface area contributed by atoms with E-state index in [1.165, 1.54) is 21.5 Å². The maximum atomic E-state index is 12.3. The standard InChI is InChI=1S/C47H34N5O5S2/c53-40-22-23-41(54)52(40)56-42(55)17-5-6-26-51-27-24-31(25-28-51)44-43(38-20-18-36(58-38)34-15-7-11-29-9-1-3-13-32(29)34)46-47(50-57-49-46)45(48-44)39-21-19-37(59-39)35-16-8-12-30-10-2-4-14-33(30)35/h1-4,7-16,18-21,24-25,27-28H,5-6,17,22-23,26H2/q+1. The number of carbonyl (C=O) groups excluding carboxylic acids is 3. The molecule has 5 aromatic heterocycles. The Morgan fingerprint density at radius 3 is 1.90 bits per heavy atom. The molecule has 288 valence electrons. The van der Waals surface area contributed by atoms with Gasteiger partial charge in [0.05, 0.1) is 10.6 Å². The van der Waals surface area contributed by atoms with Crippen LogP contribution in [0, 0.1) is 0 Å². The number of benzene rings is 4. The van der Waals surface area contributed by atoms with Crippen molar-refractivity contribution in [3.8, 4) is 53.2 Å². The maximum absolute atomic E-state index is 12.3. The first-order valence-corrected chi connectivity index (χ1v) is 21.0. The fraction of sp³-hybridized carbons (Fsp3) is 0.128. The number of aromatic nitrogens is 4. The molecule has 1 fully saturated rings. The van der Waals surface area contributed by atoms with Crippen molar-refractivity contribution >= 4 is 73.0 Å². The van der Waals surface area contributed by atoms with E-state index in [1.807, 2.05) is 24.5 Å². The zero-order chi connectivity index (χ0) is 39.9. The predicted octanol–water partition coefficient (Wildman–Crippen LogP) is 10.4. The Labute approximate surface area is 345 Å². The van der Waals surface area contributed by atoms with Crippen LogP contribution in [0.3, 0.4) is 0 Å². The number of aryl methyl sites for hydroxylation is 1. The maximum Gasteiger partial charge on any atom is 0.333 e. The molecule has 0 bridgehead atoms. The minimum absolute atomic E-state index is 0.0702. The summed E-state index contributed by atoms with van der Waals surface area (Å²) in [6.45, 7) is 0.651. The number of nitrogens with zero attached hydrogens (tertiary/aromatic N) is 5. The van der Waals surface area contributed by atoms with Crippen molar-refractivity contribution in [2.24, 2.45) is 0 Å². The van der Waals surface area contributed by atoms with E-state index in [9.17, 15) is 14.4 Å². The summed E-state index contributed by atoms with van der Waals surface area (Å²) in [5.41, 5.74) is 6.75. The first-order valence-electron chi connectivity index (χ1n) is 19.4. The van der Waals surface area contributed by atoms with Crippen LogP contribution >= 0.6 is 22.7 Å². The zero-order valence-electron chi connectivity index (χ0n) is 31.5. The van der Waals surface area contributed by atoms with Gasteiger partial charge in [0.1, 0.15) is 17.8 Å². The number of hydroxylamine groups is 2. The lowest BCUT2D eigenvalue weighted by Gasteiger charge is -2.12. The molecule has 1 saturated heterocycles. The molecule has 2 amide bonds. The highest BCUT2D eigenvalue weighted by Crippen LogP contribution is 2.46. The second-order valence-corrected chi connectivity index (χ2v) is 16.5. The lowest BCUT2D eigenvalue weighted by atomic mass is 10.0. The van der Waals surface area contributed by atoms with Crippen LogP contribution in [0.5, 0.6) is 0 Å². The largest absolute Gasteiger partial charge is 0.333 e. The van der Waals surface area contributed by atoms with Crippen LogP contribution in [0.4, 0.5) is 0 Å². The lowest BCUT2D eigenvalue weighted by molar-refractivity contribution is -0.697. The minimum atomic E-state index is -0.590. The Balaban J connectivity index is 0.997. The van der Waals surface area contributed by atoms with Crippen molar-refractivity contribution in [1.82, 2.24) is 20.4 Å². The van der Waals surface area contributed by atoms with Gasteiger partial charge in [-0.3, -0.25) is 9.59 Å². The van der Waals surface area contributed by atoms with E-state index in [0.717, 1.165) is 47.5 Å². The summed E-state index contributed by atoms with van der Waals surface area (Å²) < 4.78 is 7.57. The molecule has 0 saturated carbocycles. The Morgan fingerprint density at radius 2 is 1.22 bits per heavy atom. The van der Waals surface area contributed by atoms with Gasteiger partial charge in [-0.1, -0.05) is 84.9 Å². The molecule has 0 aliphatic carbocycles. The summed E-state index contributed by atoms with van der Waals surface area (Å²) >= 11 is 3.35. The van der Waals surface area contributed by atoms with Crippen molar-refractivity contribution in [3.63, 3.8) is 0 Å². The predicted molar refractivity (Wildman–Crippen MR) is 229 cm³/mol. The van der Waals surface area contributed by atoms with Gasteiger partial charge in [0.2, 0.25) is 0 Å². The molecule has 10 nitrogen and oxygen atoms in total. The van der Waals surface area contributed by atoms with Gasteiger partial charge >= 0.3 is 5.97 Å². The van der Waals surface area contributed by atoms with Crippen LogP contribution in [0.2, 0.25) is 0 Å². The van der Waals surface area contributed by atoms with Crippen LogP contribution in [0.15, 0.2) is 138 Å². The number of pyridine rings is 2. The van der Waals surface area contributed by atoms with Gasteiger partial charge in [-0.05, 0) is 73.7 Å². The minimum Gasteiger partial charge on any atom is -0.330 e. The third-order valence-corrected chi connectivity index (χ3v) is 12.9. The smallest absolute Gasteiger partial charge is 0.330 e. The number of amides is 2. The van der Waals surface area contributed by atoms with Crippen molar-refractivity contribution < 1.29 is 28.4 Å². The highest BCUT2D eigenvalue weighted by atomic mass is 32.1. The number of fused-ring (bicyclic) bond motifs is 3. The number of hydrogen-bond acceptors (Lipinski definition) is 10. The molecule has 12 heteroatoms. The van der Waals surface area contributed by atoms with Gasteiger partial charge in [0.25, 0.3) is 11.8 Å². The average molecular weight is 813 g/mol.